The lowest BCUT2D eigenvalue weighted by atomic mass is 9.89. The number of hydrogen-bond donors (Lipinski definition) is 2. The highest BCUT2D eigenvalue weighted by atomic mass is 32.1. The third-order valence-corrected chi connectivity index (χ3v) is 14.6. The Kier molecular flexibility index (Phi) is 11.4. The molecule has 3 aromatic rings. The molecule has 0 spiro atoms. The second kappa shape index (κ2) is 15.8. The summed E-state index contributed by atoms with van der Waals surface area (Å²) in [7, 11) is -5.02. The van der Waals surface area contributed by atoms with Gasteiger partial charge in [-0.3, -0.25) is 28.7 Å². The van der Waals surface area contributed by atoms with Crippen molar-refractivity contribution in [3.63, 3.8) is 0 Å². The van der Waals surface area contributed by atoms with Crippen LogP contribution in [0.25, 0.3) is 10.1 Å². The zero-order chi connectivity index (χ0) is 40.1. The number of aromatic nitrogens is 1. The zero-order valence-corrected chi connectivity index (χ0v) is 32.8. The van der Waals surface area contributed by atoms with Crippen LogP contribution in [0.15, 0.2) is 42.7 Å². The predicted molar refractivity (Wildman–Crippen MR) is 199 cm³/mol. The summed E-state index contributed by atoms with van der Waals surface area (Å²) in [5.74, 6) is -3.61. The summed E-state index contributed by atoms with van der Waals surface area (Å²) in [5.41, 5.74) is 1.93. The average molecular weight is 822 g/mol. The first-order valence-electron chi connectivity index (χ1n) is 18.8. The number of ether oxygens (including phenoxy) is 1. The molecule has 1 aliphatic carbocycles. The predicted octanol–water partition coefficient (Wildman–Crippen LogP) is 6.40. The van der Waals surface area contributed by atoms with Crippen LogP contribution in [0.3, 0.4) is 0 Å². The van der Waals surface area contributed by atoms with Crippen molar-refractivity contribution in [2.24, 2.45) is 11.8 Å². The number of rotatable bonds is 12. The van der Waals surface area contributed by atoms with Gasteiger partial charge in [-0.15, -0.1) is 11.3 Å². The number of alkyl halides is 4. The average Bonchev–Trinajstić information content (AvgIpc) is 3.49. The molecule has 0 radical (unpaired) electrons. The minimum Gasteiger partial charge on any atom is -0.465 e. The molecule has 2 aromatic heterocycles. The molecule has 3 aliphatic heterocycles. The number of thiophene rings is 1. The van der Waals surface area contributed by atoms with Gasteiger partial charge in [0.2, 0.25) is 17.7 Å². The topological polar surface area (TPSA) is 147 Å². The Labute approximate surface area is 325 Å². The summed E-state index contributed by atoms with van der Waals surface area (Å²) in [6.45, 7) is 3.70. The normalized spacial score (nSPS) is 25.9. The quantitative estimate of drug-likeness (QED) is 0.120. The number of hydrogen-bond acceptors (Lipinski definition) is 9. The molecule has 18 heteroatoms. The summed E-state index contributed by atoms with van der Waals surface area (Å²) in [6, 6.07) is 4.31. The summed E-state index contributed by atoms with van der Waals surface area (Å²) in [5, 5.41) is 5.35. The summed E-state index contributed by atoms with van der Waals surface area (Å²) >= 11 is 1.07. The van der Waals surface area contributed by atoms with Crippen LogP contribution < -0.4 is 10.4 Å². The first kappa shape index (κ1) is 40.3. The highest BCUT2D eigenvalue weighted by molar-refractivity contribution is 7.57. The number of esters is 1. The molecule has 302 valence electrons. The van der Waals surface area contributed by atoms with Gasteiger partial charge in [0.15, 0.2) is 6.61 Å². The molecule has 12 nitrogen and oxygen atoms in total. The van der Waals surface area contributed by atoms with E-state index in [4.69, 9.17) is 4.74 Å². The van der Waals surface area contributed by atoms with E-state index in [2.05, 4.69) is 19.9 Å². The first-order valence-corrected chi connectivity index (χ1v) is 21.3. The van der Waals surface area contributed by atoms with E-state index in [9.17, 15) is 36.9 Å². The number of nitrogens with zero attached hydrogens (tertiary/aromatic N) is 3. The summed E-state index contributed by atoms with van der Waals surface area (Å²) in [6.07, 6.45) is 2.13. The van der Waals surface area contributed by atoms with Gasteiger partial charge in [-0.2, -0.15) is 13.2 Å². The minimum absolute atomic E-state index is 0.0653. The number of benzene rings is 1. The Balaban J connectivity index is 1.06. The van der Waals surface area contributed by atoms with Gasteiger partial charge < -0.3 is 24.4 Å². The standard InChI is InChI=1S/C38H44F4N5O7PS/c1-4-53-37(51)21(3)45-55(52,54-19-38(40,41)42)33(39)22-5-8-31-25(11-22)15-32(56-31)34(48)44-29-14-24-12-23(24)13-27-6-7-30(47(27)35(29)49)36(50)46-17-26(18-46)28-16-43-10-9-20(28)2/h5,8-11,15-16,21,23-24,26-27,29-30,33H,4,6-7,12-14,17-19H2,1-3H3,(H,44,48)(H,45,52)/t21-,23+,24-,27+,29-,30-,33?,55?/m0/s1. The van der Waals surface area contributed by atoms with Gasteiger partial charge in [-0.05, 0) is 111 Å². The summed E-state index contributed by atoms with van der Waals surface area (Å²) < 4.78 is 78.8. The van der Waals surface area contributed by atoms with Crippen LogP contribution in [0.4, 0.5) is 17.6 Å². The molecule has 0 bridgehead atoms. The molecule has 56 heavy (non-hydrogen) atoms. The number of fused-ring (bicyclic) bond motifs is 3. The van der Waals surface area contributed by atoms with Gasteiger partial charge in [-0.25, -0.2) is 9.48 Å². The fourth-order valence-electron chi connectivity index (χ4n) is 8.28. The van der Waals surface area contributed by atoms with Crippen molar-refractivity contribution in [1.29, 1.82) is 0 Å². The summed E-state index contributed by atoms with van der Waals surface area (Å²) in [4.78, 5) is 62.0. The van der Waals surface area contributed by atoms with E-state index < -0.39 is 56.2 Å². The molecule has 1 aromatic carbocycles. The molecule has 8 atom stereocenters. The van der Waals surface area contributed by atoms with Crippen molar-refractivity contribution in [3.05, 3.63) is 64.3 Å². The number of aryl methyl sites for hydroxylation is 1. The molecule has 3 amide bonds. The smallest absolute Gasteiger partial charge is 0.412 e. The van der Waals surface area contributed by atoms with E-state index in [1.54, 1.807) is 16.0 Å². The second-order valence-electron chi connectivity index (χ2n) is 15.3. The maximum atomic E-state index is 16.0. The van der Waals surface area contributed by atoms with Crippen LogP contribution in [0.2, 0.25) is 0 Å². The van der Waals surface area contributed by atoms with Crippen LogP contribution in [-0.2, 0) is 28.2 Å². The van der Waals surface area contributed by atoms with Crippen LogP contribution in [0.5, 0.6) is 0 Å². The molecule has 7 rings (SSSR count). The van der Waals surface area contributed by atoms with Gasteiger partial charge in [0.05, 0.1) is 11.5 Å². The number of amides is 3. The molecular weight excluding hydrogens is 777 g/mol. The molecule has 2 N–H and O–H groups in total. The van der Waals surface area contributed by atoms with Gasteiger partial charge >= 0.3 is 19.7 Å². The lowest BCUT2D eigenvalue weighted by Gasteiger charge is -2.43. The van der Waals surface area contributed by atoms with Crippen molar-refractivity contribution >= 4 is 52.6 Å². The van der Waals surface area contributed by atoms with Crippen molar-refractivity contribution in [2.45, 2.75) is 95.0 Å². The third-order valence-electron chi connectivity index (χ3n) is 11.3. The van der Waals surface area contributed by atoms with E-state index in [1.807, 2.05) is 19.2 Å². The fraction of sp³-hybridized carbons (Fsp3) is 0.553. The van der Waals surface area contributed by atoms with Crippen LogP contribution >= 0.6 is 18.9 Å². The number of pyridine rings is 1. The third kappa shape index (κ3) is 8.37. The van der Waals surface area contributed by atoms with Crippen LogP contribution in [-0.4, -0.2) is 95.1 Å². The van der Waals surface area contributed by atoms with E-state index in [1.165, 1.54) is 38.1 Å². The second-order valence-corrected chi connectivity index (χ2v) is 18.5. The van der Waals surface area contributed by atoms with E-state index in [-0.39, 0.29) is 46.7 Å². The molecule has 4 fully saturated rings. The van der Waals surface area contributed by atoms with Crippen molar-refractivity contribution in [1.82, 2.24) is 25.2 Å². The fourth-order valence-corrected chi connectivity index (χ4v) is 11.1. The number of carbonyl (C=O) groups excluding carboxylic acids is 4. The highest BCUT2D eigenvalue weighted by Crippen LogP contribution is 2.59. The molecular formula is C38H44F4N5O7PS. The van der Waals surface area contributed by atoms with Crippen LogP contribution in [0.1, 0.15) is 84.1 Å². The minimum atomic E-state index is -5.02. The lowest BCUT2D eigenvalue weighted by molar-refractivity contribution is -0.154. The Morgan fingerprint density at radius 2 is 1.84 bits per heavy atom. The maximum absolute atomic E-state index is 16.0. The van der Waals surface area contributed by atoms with E-state index in [0.29, 0.717) is 48.4 Å². The van der Waals surface area contributed by atoms with Crippen molar-refractivity contribution in [3.8, 4) is 0 Å². The number of carbonyl (C=O) groups is 4. The van der Waals surface area contributed by atoms with Crippen molar-refractivity contribution in [2.75, 3.05) is 26.3 Å². The van der Waals surface area contributed by atoms with Gasteiger partial charge in [0.1, 0.15) is 18.1 Å². The van der Waals surface area contributed by atoms with Crippen molar-refractivity contribution < 1.29 is 50.6 Å². The van der Waals surface area contributed by atoms with Gasteiger partial charge in [0.25, 0.3) is 5.91 Å². The molecule has 3 saturated heterocycles. The SMILES string of the molecule is CCOC(=O)[C@H](C)NP(=O)(OCC(F)(F)F)C(F)c1ccc2sc(C(=O)N[C@H]3C[C@@H]4C[C@@H]4C[C@H]4CC[C@@H](C(=O)N5CC(c6cnccc6C)C5)N4C3=O)cc2c1. The molecule has 1 saturated carbocycles. The van der Waals surface area contributed by atoms with Gasteiger partial charge in [0, 0.05) is 42.1 Å². The lowest BCUT2D eigenvalue weighted by Crippen LogP contribution is -2.59. The Bertz CT molecular complexity index is 2060. The Hall–Kier alpha value is -3.92. The maximum Gasteiger partial charge on any atom is 0.412 e. The molecule has 2 unspecified atom stereocenters. The monoisotopic (exact) mass is 821 g/mol. The largest absolute Gasteiger partial charge is 0.465 e. The Morgan fingerprint density at radius 1 is 1.09 bits per heavy atom. The zero-order valence-electron chi connectivity index (χ0n) is 31.1. The molecule has 4 aliphatic rings. The number of halogens is 4. The van der Waals surface area contributed by atoms with E-state index in [0.717, 1.165) is 35.3 Å². The molecule has 5 heterocycles. The first-order chi connectivity index (χ1) is 26.5. The number of nitrogens with one attached hydrogen (secondary N) is 2. The highest BCUT2D eigenvalue weighted by Gasteiger charge is 2.52. The van der Waals surface area contributed by atoms with E-state index >= 15 is 4.39 Å². The Morgan fingerprint density at radius 3 is 2.55 bits per heavy atom. The van der Waals surface area contributed by atoms with Crippen LogP contribution in [0, 0.1) is 18.8 Å². The van der Waals surface area contributed by atoms with Gasteiger partial charge in [-0.1, -0.05) is 6.07 Å². The number of likely N-dealkylation sites (tertiary alicyclic amines) is 1.